The van der Waals surface area contributed by atoms with E-state index in [0.29, 0.717) is 40.4 Å². The van der Waals surface area contributed by atoms with E-state index in [1.807, 2.05) is 26.1 Å². The number of hydrogen-bond acceptors (Lipinski definition) is 11. The quantitative estimate of drug-likeness (QED) is 0.294. The molecule has 0 spiro atoms. The van der Waals surface area contributed by atoms with Crippen LogP contribution in [-0.4, -0.2) is 68.4 Å². The molecule has 3 heterocycles. The maximum absolute atomic E-state index is 11.9. The number of pyridine rings is 1. The van der Waals surface area contributed by atoms with Gasteiger partial charge in [-0.25, -0.2) is 18.4 Å². The Hall–Kier alpha value is -2.41. The van der Waals surface area contributed by atoms with Crippen molar-refractivity contribution in [3.05, 3.63) is 23.7 Å². The van der Waals surface area contributed by atoms with Crippen LogP contribution in [0.15, 0.2) is 12.3 Å². The van der Waals surface area contributed by atoms with Crippen LogP contribution in [0, 0.1) is 12.8 Å². The van der Waals surface area contributed by atoms with Gasteiger partial charge in [0.2, 0.25) is 5.95 Å². The van der Waals surface area contributed by atoms with E-state index in [1.165, 1.54) is 11.3 Å². The van der Waals surface area contributed by atoms with Gasteiger partial charge in [-0.1, -0.05) is 6.92 Å². The third-order valence-electron chi connectivity index (χ3n) is 7.27. The summed E-state index contributed by atoms with van der Waals surface area (Å²) in [7, 11) is -3.31. The number of fused-ring (bicyclic) bond motifs is 1. The van der Waals surface area contributed by atoms with Gasteiger partial charge in [-0.15, -0.1) is 11.3 Å². The van der Waals surface area contributed by atoms with Crippen molar-refractivity contribution in [2.24, 2.45) is 5.92 Å². The highest BCUT2D eigenvalue weighted by atomic mass is 32.2. The number of aryl methyl sites for hydroxylation is 1. The molecule has 4 atom stereocenters. The SMILES string of the molecule is CC[C@@H](C)Nc1nc(C)c(-c2nc3c(C4CC4)nccc3s2)c(N[C@@]2(O)CC[C@H](CS(C)(=O)=O)[C@H]2O)n1. The highest BCUT2D eigenvalue weighted by molar-refractivity contribution is 7.90. The van der Waals surface area contributed by atoms with Gasteiger partial charge < -0.3 is 20.8 Å². The summed E-state index contributed by atoms with van der Waals surface area (Å²) in [5.41, 5.74) is 1.47. The van der Waals surface area contributed by atoms with Gasteiger partial charge in [-0.05, 0) is 52.0 Å². The summed E-state index contributed by atoms with van der Waals surface area (Å²) in [6.45, 7) is 5.96. The normalized spacial score (nSPS) is 24.9. The number of aromatic nitrogens is 4. The van der Waals surface area contributed by atoms with Gasteiger partial charge in [0.1, 0.15) is 32.3 Å². The number of aliphatic hydroxyl groups excluding tert-OH is 1. The number of nitrogens with zero attached hydrogens (tertiary/aromatic N) is 4. The van der Waals surface area contributed by atoms with Crippen LogP contribution in [0.3, 0.4) is 0 Å². The second-order valence-electron chi connectivity index (χ2n) is 10.5. The molecule has 0 aliphatic heterocycles. The van der Waals surface area contributed by atoms with Crippen LogP contribution in [0.1, 0.15) is 63.3 Å². The molecule has 0 aromatic carbocycles. The Morgan fingerprint density at radius 1 is 1.24 bits per heavy atom. The Kier molecular flexibility index (Phi) is 6.88. The highest BCUT2D eigenvalue weighted by Gasteiger charge is 2.48. The molecule has 2 fully saturated rings. The van der Waals surface area contributed by atoms with Crippen LogP contribution in [0.4, 0.5) is 11.8 Å². The zero-order chi connectivity index (χ0) is 26.5. The maximum Gasteiger partial charge on any atom is 0.225 e. The largest absolute Gasteiger partial charge is 0.388 e. The molecule has 2 saturated carbocycles. The molecule has 37 heavy (non-hydrogen) atoms. The fourth-order valence-electron chi connectivity index (χ4n) is 4.95. The first kappa shape index (κ1) is 26.2. The standard InChI is InChI=1S/C25H34N6O4S2/c1-5-13(2)27-24-28-14(3)18(23-29-20-17(36-23)9-11-26-19(20)15-6-7-15)22(30-24)31-25(33)10-8-16(21(25)32)12-37(4,34)35/h9,11,13,15-16,21,32-33H,5-8,10,12H2,1-4H3,(H2,27,28,30,31)/t13-,16-,21-,25-/m1/s1. The zero-order valence-electron chi connectivity index (χ0n) is 21.5. The molecule has 4 N–H and O–H groups in total. The second kappa shape index (κ2) is 9.72. The monoisotopic (exact) mass is 546 g/mol. The van der Waals surface area contributed by atoms with Crippen molar-refractivity contribution in [2.45, 2.75) is 76.7 Å². The lowest BCUT2D eigenvalue weighted by Crippen LogP contribution is -2.48. The molecule has 0 bridgehead atoms. The van der Waals surface area contributed by atoms with Gasteiger partial charge in [-0.3, -0.25) is 4.98 Å². The lowest BCUT2D eigenvalue weighted by atomic mass is 10.0. The van der Waals surface area contributed by atoms with Crippen LogP contribution in [0.5, 0.6) is 0 Å². The Balaban J connectivity index is 1.57. The van der Waals surface area contributed by atoms with Crippen molar-refractivity contribution >= 4 is 43.2 Å². The molecule has 3 aromatic rings. The molecule has 0 saturated heterocycles. The molecule has 200 valence electrons. The average Bonchev–Trinajstić information content (AvgIpc) is 3.52. The third-order valence-corrected chi connectivity index (χ3v) is 9.35. The average molecular weight is 547 g/mol. The minimum atomic E-state index is -3.31. The van der Waals surface area contributed by atoms with Crippen LogP contribution in [0.2, 0.25) is 0 Å². The molecule has 12 heteroatoms. The van der Waals surface area contributed by atoms with Gasteiger partial charge in [-0.2, -0.15) is 4.98 Å². The Morgan fingerprint density at radius 3 is 2.68 bits per heavy atom. The molecule has 2 aliphatic rings. The van der Waals surface area contributed by atoms with Crippen molar-refractivity contribution in [1.29, 1.82) is 0 Å². The maximum atomic E-state index is 11.9. The molecular formula is C25H34N6O4S2. The van der Waals surface area contributed by atoms with E-state index in [0.717, 1.165) is 41.4 Å². The first-order chi connectivity index (χ1) is 17.5. The number of rotatable bonds is 9. The fraction of sp³-hybridized carbons (Fsp3) is 0.600. The lowest BCUT2D eigenvalue weighted by Gasteiger charge is -2.31. The van der Waals surface area contributed by atoms with E-state index in [9.17, 15) is 18.6 Å². The number of sulfone groups is 1. The first-order valence-electron chi connectivity index (χ1n) is 12.7. The summed E-state index contributed by atoms with van der Waals surface area (Å²) >= 11 is 1.51. The van der Waals surface area contributed by atoms with Crippen molar-refractivity contribution in [1.82, 2.24) is 19.9 Å². The molecule has 2 aliphatic carbocycles. The smallest absolute Gasteiger partial charge is 0.225 e. The molecule has 0 radical (unpaired) electrons. The van der Waals surface area contributed by atoms with E-state index < -0.39 is 27.6 Å². The number of hydrogen-bond donors (Lipinski definition) is 4. The molecule has 3 aromatic heterocycles. The van der Waals surface area contributed by atoms with Crippen LogP contribution < -0.4 is 10.6 Å². The predicted molar refractivity (Wildman–Crippen MR) is 146 cm³/mol. The van der Waals surface area contributed by atoms with Gasteiger partial charge in [0.15, 0.2) is 5.72 Å². The van der Waals surface area contributed by atoms with Crippen LogP contribution in [-0.2, 0) is 9.84 Å². The van der Waals surface area contributed by atoms with E-state index in [-0.39, 0.29) is 18.2 Å². The van der Waals surface area contributed by atoms with Crippen molar-refractivity contribution in [3.8, 4) is 10.6 Å². The van der Waals surface area contributed by atoms with Crippen molar-refractivity contribution in [3.63, 3.8) is 0 Å². The van der Waals surface area contributed by atoms with Gasteiger partial charge >= 0.3 is 0 Å². The highest BCUT2D eigenvalue weighted by Crippen LogP contribution is 2.45. The molecule has 0 amide bonds. The summed E-state index contributed by atoms with van der Waals surface area (Å²) in [6.07, 6.45) is 5.33. The lowest BCUT2D eigenvalue weighted by molar-refractivity contribution is -0.0442. The summed E-state index contributed by atoms with van der Waals surface area (Å²) in [5, 5.41) is 29.5. The minimum Gasteiger partial charge on any atom is -0.388 e. The predicted octanol–water partition coefficient (Wildman–Crippen LogP) is 3.46. The number of nitrogens with one attached hydrogen (secondary N) is 2. The van der Waals surface area contributed by atoms with Crippen LogP contribution in [0.25, 0.3) is 20.8 Å². The summed E-state index contributed by atoms with van der Waals surface area (Å²) in [5.74, 6) is 0.426. The topological polar surface area (TPSA) is 150 Å². The Labute approximate surface area is 220 Å². The van der Waals surface area contributed by atoms with E-state index >= 15 is 0 Å². The van der Waals surface area contributed by atoms with E-state index in [2.05, 4.69) is 27.5 Å². The second-order valence-corrected chi connectivity index (χ2v) is 13.7. The summed E-state index contributed by atoms with van der Waals surface area (Å²) in [6, 6.07) is 2.08. The zero-order valence-corrected chi connectivity index (χ0v) is 23.2. The van der Waals surface area contributed by atoms with Gasteiger partial charge in [0.05, 0.1) is 27.4 Å². The number of anilines is 2. The first-order valence-corrected chi connectivity index (χ1v) is 15.6. The van der Waals surface area contributed by atoms with Gasteiger partial charge in [0, 0.05) is 30.3 Å². The summed E-state index contributed by atoms with van der Waals surface area (Å²) in [4.78, 5) is 18.9. The fourth-order valence-corrected chi connectivity index (χ4v) is 7.14. The van der Waals surface area contributed by atoms with E-state index in [1.54, 1.807) is 0 Å². The number of aliphatic hydroxyl groups is 2. The van der Waals surface area contributed by atoms with E-state index in [4.69, 9.17) is 9.97 Å². The Bertz CT molecular complexity index is 1420. The molecule has 0 unspecified atom stereocenters. The van der Waals surface area contributed by atoms with Gasteiger partial charge in [0.25, 0.3) is 0 Å². The Morgan fingerprint density at radius 2 is 2.00 bits per heavy atom. The van der Waals surface area contributed by atoms with Crippen LogP contribution >= 0.6 is 11.3 Å². The number of thiazole rings is 1. The molecule has 10 nitrogen and oxygen atoms in total. The minimum absolute atomic E-state index is 0.132. The third kappa shape index (κ3) is 5.43. The van der Waals surface area contributed by atoms with Crippen molar-refractivity contribution in [2.75, 3.05) is 22.6 Å². The molecular weight excluding hydrogens is 512 g/mol. The van der Waals surface area contributed by atoms with Crippen molar-refractivity contribution < 1.29 is 18.6 Å². The summed E-state index contributed by atoms with van der Waals surface area (Å²) < 4.78 is 24.8. The molecule has 5 rings (SSSR count).